The van der Waals surface area contributed by atoms with Crippen LogP contribution in [-0.4, -0.2) is 55.0 Å². The molecule has 4 rings (SSSR count). The molecule has 0 aliphatic carbocycles. The quantitative estimate of drug-likeness (QED) is 0.707. The number of nitrogens with zero attached hydrogens (tertiary/aromatic N) is 3. The molecule has 158 valence electrons. The summed E-state index contributed by atoms with van der Waals surface area (Å²) in [6.45, 7) is 6.07. The van der Waals surface area contributed by atoms with Gasteiger partial charge in [0.2, 0.25) is 5.91 Å². The summed E-state index contributed by atoms with van der Waals surface area (Å²) in [5.74, 6) is -0.449. The van der Waals surface area contributed by atoms with Gasteiger partial charge in [-0.15, -0.1) is 24.8 Å². The molecule has 0 atom stereocenters. The molecule has 0 aromatic heterocycles. The van der Waals surface area contributed by atoms with E-state index in [-0.39, 0.29) is 42.4 Å². The first-order valence-electron chi connectivity index (χ1n) is 9.36. The summed E-state index contributed by atoms with van der Waals surface area (Å²) in [6.07, 6.45) is 0.290. The molecule has 2 aromatic carbocycles. The van der Waals surface area contributed by atoms with Crippen molar-refractivity contribution in [2.24, 2.45) is 0 Å². The zero-order valence-electron chi connectivity index (χ0n) is 16.0. The molecule has 1 fully saturated rings. The predicted molar refractivity (Wildman–Crippen MR) is 115 cm³/mol. The molecule has 0 unspecified atom stereocenters. The van der Waals surface area contributed by atoms with Crippen molar-refractivity contribution in [3.05, 3.63) is 65.2 Å². The third-order valence-electron chi connectivity index (χ3n) is 5.40. The van der Waals surface area contributed by atoms with Gasteiger partial charge in [0, 0.05) is 51.5 Å². The van der Waals surface area contributed by atoms with E-state index < -0.39 is 0 Å². The molecule has 2 heterocycles. The third-order valence-corrected chi connectivity index (χ3v) is 5.40. The minimum absolute atomic E-state index is 0. The molecular formula is C21H25Cl2F2N3O. The summed E-state index contributed by atoms with van der Waals surface area (Å²) in [4.78, 5) is 18.7. The Morgan fingerprint density at radius 1 is 0.793 bits per heavy atom. The van der Waals surface area contributed by atoms with Crippen LogP contribution in [0.15, 0.2) is 42.5 Å². The molecule has 4 nitrogen and oxygen atoms in total. The highest BCUT2D eigenvalue weighted by Gasteiger charge is 2.28. The van der Waals surface area contributed by atoms with Crippen LogP contribution in [0.2, 0.25) is 0 Å². The average molecular weight is 444 g/mol. The topological polar surface area (TPSA) is 26.8 Å². The van der Waals surface area contributed by atoms with Crippen LogP contribution in [0, 0.1) is 11.6 Å². The van der Waals surface area contributed by atoms with Crippen molar-refractivity contribution < 1.29 is 13.6 Å². The number of benzene rings is 2. The Labute approximate surface area is 182 Å². The van der Waals surface area contributed by atoms with Crippen LogP contribution in [0.1, 0.15) is 11.1 Å². The summed E-state index contributed by atoms with van der Waals surface area (Å²) in [5.41, 5.74) is 2.75. The second-order valence-electron chi connectivity index (χ2n) is 7.24. The van der Waals surface area contributed by atoms with Crippen LogP contribution >= 0.6 is 24.8 Å². The number of halogens is 4. The lowest BCUT2D eigenvalue weighted by Crippen LogP contribution is -2.48. The van der Waals surface area contributed by atoms with Gasteiger partial charge >= 0.3 is 0 Å². The summed E-state index contributed by atoms with van der Waals surface area (Å²) < 4.78 is 26.3. The van der Waals surface area contributed by atoms with E-state index in [1.165, 1.54) is 24.3 Å². The second kappa shape index (κ2) is 10.3. The molecule has 2 aliphatic heterocycles. The van der Waals surface area contributed by atoms with Gasteiger partial charge in [0.05, 0.1) is 6.42 Å². The molecule has 8 heteroatoms. The molecule has 0 radical (unpaired) electrons. The monoisotopic (exact) mass is 443 g/mol. The Morgan fingerprint density at radius 3 is 2.10 bits per heavy atom. The van der Waals surface area contributed by atoms with Crippen molar-refractivity contribution in [2.75, 3.05) is 44.2 Å². The van der Waals surface area contributed by atoms with Crippen LogP contribution in [0.4, 0.5) is 14.5 Å². The van der Waals surface area contributed by atoms with E-state index in [0.29, 0.717) is 13.0 Å². The molecule has 29 heavy (non-hydrogen) atoms. The highest BCUT2D eigenvalue weighted by molar-refractivity contribution is 6.01. The maximum absolute atomic E-state index is 13.3. The van der Waals surface area contributed by atoms with Crippen molar-refractivity contribution in [3.8, 4) is 0 Å². The van der Waals surface area contributed by atoms with Crippen LogP contribution in [0.3, 0.4) is 0 Å². The van der Waals surface area contributed by atoms with Gasteiger partial charge < -0.3 is 4.90 Å². The van der Waals surface area contributed by atoms with Crippen molar-refractivity contribution in [1.82, 2.24) is 9.80 Å². The van der Waals surface area contributed by atoms with Crippen molar-refractivity contribution in [3.63, 3.8) is 0 Å². The van der Waals surface area contributed by atoms with Crippen molar-refractivity contribution in [2.45, 2.75) is 13.0 Å². The Kier molecular flexibility index (Phi) is 8.40. The highest BCUT2D eigenvalue weighted by atomic mass is 35.5. The molecule has 0 N–H and O–H groups in total. The zero-order chi connectivity index (χ0) is 18.8. The Morgan fingerprint density at radius 2 is 1.41 bits per heavy atom. The lowest BCUT2D eigenvalue weighted by molar-refractivity contribution is -0.117. The summed E-state index contributed by atoms with van der Waals surface area (Å²) in [5, 5.41) is 0. The molecule has 1 amide bonds. The van der Waals surface area contributed by atoms with Gasteiger partial charge in [-0.3, -0.25) is 14.6 Å². The lowest BCUT2D eigenvalue weighted by Gasteiger charge is -2.35. The number of amides is 1. The largest absolute Gasteiger partial charge is 0.311 e. The number of rotatable bonds is 5. The van der Waals surface area contributed by atoms with E-state index >= 15 is 0 Å². The number of carbonyl (C=O) groups is 1. The molecule has 0 spiro atoms. The lowest BCUT2D eigenvalue weighted by atomic mass is 10.1. The Balaban J connectivity index is 0.00000150. The van der Waals surface area contributed by atoms with Crippen molar-refractivity contribution >= 4 is 36.4 Å². The molecule has 0 bridgehead atoms. The highest BCUT2D eigenvalue weighted by Crippen LogP contribution is 2.29. The van der Waals surface area contributed by atoms with Crippen LogP contribution in [0.25, 0.3) is 0 Å². The van der Waals surface area contributed by atoms with E-state index in [4.69, 9.17) is 0 Å². The van der Waals surface area contributed by atoms with Gasteiger partial charge in [-0.25, -0.2) is 8.78 Å². The number of fused-ring (bicyclic) bond motifs is 1. The first-order chi connectivity index (χ1) is 13.1. The summed E-state index contributed by atoms with van der Waals surface area (Å²) >= 11 is 0. The van der Waals surface area contributed by atoms with Crippen LogP contribution < -0.4 is 4.90 Å². The van der Waals surface area contributed by atoms with E-state index in [2.05, 4.69) is 9.80 Å². The average Bonchev–Trinajstić information content (AvgIpc) is 2.97. The van der Waals surface area contributed by atoms with Crippen LogP contribution in [0.5, 0.6) is 0 Å². The number of hydrogen-bond acceptors (Lipinski definition) is 3. The minimum atomic E-state index is -0.291. The van der Waals surface area contributed by atoms with E-state index in [0.717, 1.165) is 56.1 Å². The predicted octanol–water partition coefficient (Wildman–Crippen LogP) is 3.52. The van der Waals surface area contributed by atoms with E-state index in [1.54, 1.807) is 11.0 Å². The maximum atomic E-state index is 13.3. The fourth-order valence-corrected chi connectivity index (χ4v) is 3.86. The van der Waals surface area contributed by atoms with Crippen LogP contribution in [-0.2, 0) is 17.8 Å². The number of hydrogen-bond donors (Lipinski definition) is 0. The first-order valence-corrected chi connectivity index (χ1v) is 9.36. The molecular weight excluding hydrogens is 419 g/mol. The SMILES string of the molecule is Cl.Cl.O=C1Cc2cc(F)ccc2N1CCN1CCN(Cc2ccc(F)cc2)CC1. The maximum Gasteiger partial charge on any atom is 0.231 e. The standard InChI is InChI=1S/C21H23F2N3O.2ClH/c22-18-3-1-16(2-4-18)15-25-9-7-24(8-10-25)11-12-26-20-6-5-19(23)13-17(20)14-21(26)27;;/h1-6,13H,7-12,14-15H2;2*1H. The van der Waals surface area contributed by atoms with E-state index in [9.17, 15) is 13.6 Å². The van der Waals surface area contributed by atoms with Gasteiger partial charge in [-0.1, -0.05) is 12.1 Å². The molecule has 1 saturated heterocycles. The zero-order valence-corrected chi connectivity index (χ0v) is 17.7. The Hall–Kier alpha value is -1.73. The van der Waals surface area contributed by atoms with Gasteiger partial charge in [0.1, 0.15) is 11.6 Å². The minimum Gasteiger partial charge on any atom is -0.311 e. The van der Waals surface area contributed by atoms with Gasteiger partial charge in [-0.2, -0.15) is 0 Å². The number of piperazine rings is 1. The fraction of sp³-hybridized carbons (Fsp3) is 0.381. The molecule has 0 saturated carbocycles. The van der Waals surface area contributed by atoms with Crippen molar-refractivity contribution in [1.29, 1.82) is 0 Å². The van der Waals surface area contributed by atoms with Gasteiger partial charge in [-0.05, 0) is 41.5 Å². The number of anilines is 1. The summed E-state index contributed by atoms with van der Waals surface area (Å²) in [7, 11) is 0. The second-order valence-corrected chi connectivity index (χ2v) is 7.24. The first kappa shape index (κ1) is 23.5. The Bertz CT molecular complexity index is 827. The normalized spacial score (nSPS) is 16.9. The van der Waals surface area contributed by atoms with Gasteiger partial charge in [0.15, 0.2) is 0 Å². The molecule has 2 aliphatic rings. The third kappa shape index (κ3) is 5.66. The fourth-order valence-electron chi connectivity index (χ4n) is 3.86. The van der Waals surface area contributed by atoms with Gasteiger partial charge in [0.25, 0.3) is 0 Å². The number of carbonyl (C=O) groups excluding carboxylic acids is 1. The summed E-state index contributed by atoms with van der Waals surface area (Å²) in [6, 6.07) is 11.3. The molecule has 2 aromatic rings. The smallest absolute Gasteiger partial charge is 0.231 e. The van der Waals surface area contributed by atoms with E-state index in [1.807, 2.05) is 12.1 Å².